The van der Waals surface area contributed by atoms with Crippen molar-refractivity contribution in [2.24, 2.45) is 0 Å². The van der Waals surface area contributed by atoms with Crippen LogP contribution >= 0.6 is 11.6 Å². The molecule has 4 rings (SSSR count). The number of carbonyl (C=O) groups excluding carboxylic acids is 1. The standard InChI is InChI=1S/C25H23ClN4O2/c1-4-32-20-14-12-19(13-15-20)30-24(18-10-8-16(2)9-11-18)28-23(29-30)25(31)27-22-7-5-6-21(26)17(22)3/h5-15H,4H2,1-3H3,(H,27,31). The van der Waals surface area contributed by atoms with E-state index >= 15 is 0 Å². The molecule has 0 saturated carbocycles. The fourth-order valence-corrected chi connectivity index (χ4v) is 3.42. The minimum atomic E-state index is -0.409. The number of aryl methyl sites for hydroxylation is 1. The second kappa shape index (κ2) is 9.24. The predicted octanol–water partition coefficient (Wildman–Crippen LogP) is 5.86. The molecule has 0 radical (unpaired) electrons. The number of anilines is 1. The van der Waals surface area contributed by atoms with Crippen LogP contribution in [0, 0.1) is 13.8 Å². The lowest BCUT2D eigenvalue weighted by Crippen LogP contribution is -2.15. The van der Waals surface area contributed by atoms with Gasteiger partial charge in [0.2, 0.25) is 5.82 Å². The Morgan fingerprint density at radius 3 is 2.44 bits per heavy atom. The maximum atomic E-state index is 13.0. The van der Waals surface area contributed by atoms with Gasteiger partial charge in [0, 0.05) is 16.3 Å². The molecule has 1 heterocycles. The summed E-state index contributed by atoms with van der Waals surface area (Å²) in [6.45, 7) is 6.40. The first-order valence-corrected chi connectivity index (χ1v) is 10.7. The summed E-state index contributed by atoms with van der Waals surface area (Å²) < 4.78 is 7.20. The molecule has 7 heteroatoms. The molecule has 6 nitrogen and oxygen atoms in total. The zero-order chi connectivity index (χ0) is 22.7. The molecule has 4 aromatic rings. The molecule has 0 atom stereocenters. The number of ether oxygens (including phenoxy) is 1. The molecule has 1 N–H and O–H groups in total. The number of nitrogens with one attached hydrogen (secondary N) is 1. The van der Waals surface area contributed by atoms with Crippen molar-refractivity contribution in [1.29, 1.82) is 0 Å². The van der Waals surface area contributed by atoms with Crippen LogP contribution in [0.4, 0.5) is 5.69 Å². The summed E-state index contributed by atoms with van der Waals surface area (Å²) in [5.74, 6) is 0.993. The Hall–Kier alpha value is -3.64. The molecule has 0 unspecified atom stereocenters. The first-order valence-electron chi connectivity index (χ1n) is 10.3. The van der Waals surface area contributed by atoms with Crippen LogP contribution in [0.5, 0.6) is 5.75 Å². The van der Waals surface area contributed by atoms with Crippen molar-refractivity contribution < 1.29 is 9.53 Å². The Morgan fingerprint density at radius 1 is 1.03 bits per heavy atom. The van der Waals surface area contributed by atoms with Crippen LogP contribution in [0.1, 0.15) is 28.7 Å². The topological polar surface area (TPSA) is 69.0 Å². The van der Waals surface area contributed by atoms with E-state index in [1.54, 1.807) is 22.9 Å². The van der Waals surface area contributed by atoms with Gasteiger partial charge < -0.3 is 10.1 Å². The number of hydrogen-bond acceptors (Lipinski definition) is 4. The predicted molar refractivity (Wildman–Crippen MR) is 127 cm³/mol. The summed E-state index contributed by atoms with van der Waals surface area (Å²) in [5, 5.41) is 7.97. The average Bonchev–Trinajstić information content (AvgIpc) is 3.24. The van der Waals surface area contributed by atoms with Crippen molar-refractivity contribution in [1.82, 2.24) is 14.8 Å². The largest absolute Gasteiger partial charge is 0.494 e. The van der Waals surface area contributed by atoms with Crippen molar-refractivity contribution in [2.45, 2.75) is 20.8 Å². The van der Waals surface area contributed by atoms with Crippen LogP contribution in [0.15, 0.2) is 66.7 Å². The van der Waals surface area contributed by atoms with Crippen molar-refractivity contribution in [2.75, 3.05) is 11.9 Å². The lowest BCUT2D eigenvalue weighted by Gasteiger charge is -2.08. The molecule has 0 bridgehead atoms. The molecule has 1 amide bonds. The Labute approximate surface area is 191 Å². The Kier molecular flexibility index (Phi) is 6.23. The van der Waals surface area contributed by atoms with Gasteiger partial charge in [0.1, 0.15) is 5.75 Å². The fourth-order valence-electron chi connectivity index (χ4n) is 3.25. The highest BCUT2D eigenvalue weighted by Crippen LogP contribution is 2.25. The summed E-state index contributed by atoms with van der Waals surface area (Å²) in [7, 11) is 0. The first kappa shape index (κ1) is 21.6. The van der Waals surface area contributed by atoms with Crippen molar-refractivity contribution in [3.05, 3.63) is 88.7 Å². The Bertz CT molecular complexity index is 1250. The maximum absolute atomic E-state index is 13.0. The average molecular weight is 447 g/mol. The molecule has 0 spiro atoms. The number of rotatable bonds is 6. The van der Waals surface area contributed by atoms with Gasteiger partial charge in [-0.3, -0.25) is 4.79 Å². The van der Waals surface area contributed by atoms with Gasteiger partial charge in [-0.15, -0.1) is 5.10 Å². The third kappa shape index (κ3) is 4.50. The molecular weight excluding hydrogens is 424 g/mol. The van der Waals surface area contributed by atoms with Crippen LogP contribution in [0.25, 0.3) is 17.1 Å². The van der Waals surface area contributed by atoms with Crippen LogP contribution in [-0.4, -0.2) is 27.3 Å². The second-order valence-corrected chi connectivity index (χ2v) is 7.74. The van der Waals surface area contributed by atoms with E-state index in [0.717, 1.165) is 28.1 Å². The van der Waals surface area contributed by atoms with Crippen LogP contribution in [0.3, 0.4) is 0 Å². The van der Waals surface area contributed by atoms with E-state index in [1.165, 1.54) is 0 Å². The minimum absolute atomic E-state index is 0.0637. The van der Waals surface area contributed by atoms with E-state index in [2.05, 4.69) is 15.4 Å². The van der Waals surface area contributed by atoms with Gasteiger partial charge in [0.25, 0.3) is 5.91 Å². The quantitative estimate of drug-likeness (QED) is 0.403. The summed E-state index contributed by atoms with van der Waals surface area (Å²) in [6, 6.07) is 20.8. The fraction of sp³-hybridized carbons (Fsp3) is 0.160. The number of hydrogen-bond donors (Lipinski definition) is 1. The van der Waals surface area contributed by atoms with Gasteiger partial charge in [-0.1, -0.05) is 47.5 Å². The Balaban J connectivity index is 1.74. The molecule has 0 aliphatic carbocycles. The monoisotopic (exact) mass is 446 g/mol. The summed E-state index contributed by atoms with van der Waals surface area (Å²) in [5.41, 5.74) is 4.17. The highest BCUT2D eigenvalue weighted by atomic mass is 35.5. The Morgan fingerprint density at radius 2 is 1.75 bits per heavy atom. The van der Waals surface area contributed by atoms with E-state index in [0.29, 0.717) is 23.1 Å². The van der Waals surface area contributed by atoms with Gasteiger partial charge in [-0.2, -0.15) is 0 Å². The van der Waals surface area contributed by atoms with E-state index in [-0.39, 0.29) is 5.82 Å². The zero-order valence-electron chi connectivity index (χ0n) is 18.1. The third-order valence-corrected chi connectivity index (χ3v) is 5.44. The molecule has 0 fully saturated rings. The van der Waals surface area contributed by atoms with Crippen LogP contribution in [0.2, 0.25) is 5.02 Å². The highest BCUT2D eigenvalue weighted by molar-refractivity contribution is 6.31. The van der Waals surface area contributed by atoms with Crippen LogP contribution < -0.4 is 10.1 Å². The lowest BCUT2D eigenvalue weighted by molar-refractivity contribution is 0.101. The van der Waals surface area contributed by atoms with Crippen molar-refractivity contribution in [3.8, 4) is 22.8 Å². The minimum Gasteiger partial charge on any atom is -0.494 e. The van der Waals surface area contributed by atoms with Gasteiger partial charge >= 0.3 is 0 Å². The summed E-state index contributed by atoms with van der Waals surface area (Å²) in [6.07, 6.45) is 0. The number of amides is 1. The molecule has 3 aromatic carbocycles. The smallest absolute Gasteiger partial charge is 0.295 e. The molecular formula is C25H23ClN4O2. The molecule has 0 saturated heterocycles. The van der Waals surface area contributed by atoms with E-state index in [1.807, 2.05) is 69.3 Å². The summed E-state index contributed by atoms with van der Waals surface area (Å²) in [4.78, 5) is 17.6. The molecule has 0 aliphatic heterocycles. The highest BCUT2D eigenvalue weighted by Gasteiger charge is 2.20. The molecule has 32 heavy (non-hydrogen) atoms. The van der Waals surface area contributed by atoms with E-state index in [4.69, 9.17) is 16.3 Å². The summed E-state index contributed by atoms with van der Waals surface area (Å²) >= 11 is 6.18. The molecule has 162 valence electrons. The molecule has 0 aliphatic rings. The normalized spacial score (nSPS) is 10.8. The van der Waals surface area contributed by atoms with Gasteiger partial charge in [0.05, 0.1) is 12.3 Å². The number of halogens is 1. The van der Waals surface area contributed by atoms with Gasteiger partial charge in [-0.25, -0.2) is 9.67 Å². The number of aromatic nitrogens is 3. The second-order valence-electron chi connectivity index (χ2n) is 7.33. The number of benzene rings is 3. The van der Waals surface area contributed by atoms with Crippen molar-refractivity contribution in [3.63, 3.8) is 0 Å². The van der Waals surface area contributed by atoms with E-state index in [9.17, 15) is 4.79 Å². The van der Waals surface area contributed by atoms with Crippen molar-refractivity contribution >= 4 is 23.2 Å². The van der Waals surface area contributed by atoms with E-state index < -0.39 is 5.91 Å². The van der Waals surface area contributed by atoms with Gasteiger partial charge in [-0.05, 0) is 62.7 Å². The third-order valence-electron chi connectivity index (χ3n) is 5.03. The molecule has 1 aromatic heterocycles. The SMILES string of the molecule is CCOc1ccc(-n2nc(C(=O)Nc3cccc(Cl)c3C)nc2-c2ccc(C)cc2)cc1. The lowest BCUT2D eigenvalue weighted by atomic mass is 10.1. The number of carbonyl (C=O) groups is 1. The van der Waals surface area contributed by atoms with Gasteiger partial charge in [0.15, 0.2) is 5.82 Å². The van der Waals surface area contributed by atoms with Crippen LogP contribution in [-0.2, 0) is 0 Å². The first-order chi connectivity index (χ1) is 15.5. The zero-order valence-corrected chi connectivity index (χ0v) is 18.8. The maximum Gasteiger partial charge on any atom is 0.295 e. The number of nitrogens with zero attached hydrogens (tertiary/aromatic N) is 3.